The third-order valence-corrected chi connectivity index (χ3v) is 2.98. The van der Waals surface area contributed by atoms with Gasteiger partial charge in [0, 0.05) is 19.2 Å². The van der Waals surface area contributed by atoms with Gasteiger partial charge < -0.3 is 9.64 Å². The van der Waals surface area contributed by atoms with Gasteiger partial charge in [0.1, 0.15) is 5.75 Å². The second kappa shape index (κ2) is 3.93. The Morgan fingerprint density at radius 1 is 1.33 bits per heavy atom. The molecule has 1 aromatic rings. The Bertz CT molecular complexity index is 358. The molecule has 1 atom stereocenters. The molecule has 3 nitrogen and oxygen atoms in total. The van der Waals surface area contributed by atoms with Crippen LogP contribution < -0.4 is 9.64 Å². The predicted molar refractivity (Wildman–Crippen MR) is 59.4 cm³/mol. The van der Waals surface area contributed by atoms with Crippen LogP contribution in [-0.2, 0) is 4.79 Å². The molecule has 0 N–H and O–H groups in total. The number of likely N-dealkylation sites (N-methyl/N-ethyl adjacent to an activating group) is 1. The number of Topliss-reactive ketones (excluding diaryl/α,β-unsaturated/α-hetero) is 1. The summed E-state index contributed by atoms with van der Waals surface area (Å²) in [6.45, 7) is 0. The third-order valence-electron chi connectivity index (χ3n) is 2.98. The Hall–Kier alpha value is -1.51. The molecular weight excluding hydrogens is 190 g/mol. The monoisotopic (exact) mass is 205 g/mol. The Morgan fingerprint density at radius 3 is 2.40 bits per heavy atom. The van der Waals surface area contributed by atoms with E-state index in [9.17, 15) is 4.79 Å². The summed E-state index contributed by atoms with van der Waals surface area (Å²) in [6.07, 6.45) is 1.70. The van der Waals surface area contributed by atoms with Crippen LogP contribution in [0.25, 0.3) is 0 Å². The molecular formula is C12H15NO2. The van der Waals surface area contributed by atoms with Gasteiger partial charge in [-0.2, -0.15) is 0 Å². The maximum atomic E-state index is 11.3. The first-order valence-corrected chi connectivity index (χ1v) is 5.12. The van der Waals surface area contributed by atoms with Crippen LogP contribution in [0.2, 0.25) is 0 Å². The molecule has 0 spiro atoms. The smallest absolute Gasteiger partial charge is 0.155 e. The van der Waals surface area contributed by atoms with Crippen LogP contribution in [0.15, 0.2) is 24.3 Å². The summed E-state index contributed by atoms with van der Waals surface area (Å²) in [5, 5.41) is 0. The van der Waals surface area contributed by atoms with Crippen LogP contribution in [0.1, 0.15) is 12.8 Å². The van der Waals surface area contributed by atoms with E-state index in [1.54, 1.807) is 7.11 Å². The second-order valence-electron chi connectivity index (χ2n) is 3.83. The van der Waals surface area contributed by atoms with Gasteiger partial charge in [-0.15, -0.1) is 0 Å². The fraction of sp³-hybridized carbons (Fsp3) is 0.417. The maximum absolute atomic E-state index is 11.3. The number of ketones is 1. The van der Waals surface area contributed by atoms with Crippen molar-refractivity contribution in [2.75, 3.05) is 19.1 Å². The van der Waals surface area contributed by atoms with Gasteiger partial charge in [-0.1, -0.05) is 0 Å². The lowest BCUT2D eigenvalue weighted by Crippen LogP contribution is -2.45. The van der Waals surface area contributed by atoms with Crippen molar-refractivity contribution >= 4 is 11.5 Å². The molecule has 1 aliphatic carbocycles. The Balaban J connectivity index is 2.11. The number of hydrogen-bond acceptors (Lipinski definition) is 3. The van der Waals surface area contributed by atoms with Crippen LogP contribution in [0, 0.1) is 0 Å². The van der Waals surface area contributed by atoms with Crippen molar-refractivity contribution in [2.24, 2.45) is 0 Å². The van der Waals surface area contributed by atoms with Gasteiger partial charge in [-0.05, 0) is 30.7 Å². The zero-order chi connectivity index (χ0) is 10.8. The summed E-state index contributed by atoms with van der Waals surface area (Å²) in [5.41, 5.74) is 1.06. The molecule has 0 aromatic heterocycles. The number of methoxy groups -OCH3 is 1. The molecule has 0 amide bonds. The Morgan fingerprint density at radius 2 is 2.00 bits per heavy atom. The topological polar surface area (TPSA) is 29.5 Å². The quantitative estimate of drug-likeness (QED) is 0.754. The van der Waals surface area contributed by atoms with Gasteiger partial charge in [-0.25, -0.2) is 0 Å². The fourth-order valence-corrected chi connectivity index (χ4v) is 1.80. The average Bonchev–Trinajstić information content (AvgIpc) is 2.27. The van der Waals surface area contributed by atoms with Crippen molar-refractivity contribution in [3.63, 3.8) is 0 Å². The highest BCUT2D eigenvalue weighted by Gasteiger charge is 2.31. The average molecular weight is 205 g/mol. The molecule has 0 unspecified atom stereocenters. The molecule has 1 aromatic carbocycles. The number of nitrogens with zero attached hydrogens (tertiary/aromatic N) is 1. The summed E-state index contributed by atoms with van der Waals surface area (Å²) >= 11 is 0. The number of carbonyl (C=O) groups excluding carboxylic acids is 1. The molecule has 0 heterocycles. The first-order chi connectivity index (χ1) is 7.22. The molecule has 0 aliphatic heterocycles. The van der Waals surface area contributed by atoms with Crippen molar-refractivity contribution in [3.8, 4) is 5.75 Å². The van der Waals surface area contributed by atoms with E-state index in [-0.39, 0.29) is 6.04 Å². The number of hydrogen-bond donors (Lipinski definition) is 0. The Labute approximate surface area is 89.7 Å². The molecule has 1 fully saturated rings. The van der Waals surface area contributed by atoms with E-state index in [4.69, 9.17) is 4.74 Å². The molecule has 1 saturated carbocycles. The molecule has 0 radical (unpaired) electrons. The van der Waals surface area contributed by atoms with E-state index in [0.29, 0.717) is 5.78 Å². The molecule has 0 bridgehead atoms. The molecule has 2 rings (SSSR count). The highest BCUT2D eigenvalue weighted by Crippen LogP contribution is 2.26. The number of anilines is 1. The first kappa shape index (κ1) is 10.0. The van der Waals surface area contributed by atoms with Crippen LogP contribution in [0.3, 0.4) is 0 Å². The van der Waals surface area contributed by atoms with Crippen molar-refractivity contribution in [2.45, 2.75) is 18.9 Å². The molecule has 1 aliphatic rings. The minimum absolute atomic E-state index is 0.0818. The van der Waals surface area contributed by atoms with Gasteiger partial charge >= 0.3 is 0 Å². The lowest BCUT2D eigenvalue weighted by molar-refractivity contribution is -0.125. The fourth-order valence-electron chi connectivity index (χ4n) is 1.80. The van der Waals surface area contributed by atoms with Crippen LogP contribution >= 0.6 is 0 Å². The van der Waals surface area contributed by atoms with E-state index in [1.165, 1.54) is 0 Å². The summed E-state index contributed by atoms with van der Waals surface area (Å²) < 4.78 is 5.09. The van der Waals surface area contributed by atoms with E-state index in [1.807, 2.05) is 36.2 Å². The van der Waals surface area contributed by atoms with Crippen molar-refractivity contribution in [1.82, 2.24) is 0 Å². The highest BCUT2D eigenvalue weighted by molar-refractivity contribution is 5.92. The van der Waals surface area contributed by atoms with Gasteiger partial charge in [-0.3, -0.25) is 4.79 Å². The lowest BCUT2D eigenvalue weighted by Gasteiger charge is -2.34. The first-order valence-electron chi connectivity index (χ1n) is 5.12. The van der Waals surface area contributed by atoms with Crippen molar-refractivity contribution in [3.05, 3.63) is 24.3 Å². The number of rotatable bonds is 3. The van der Waals surface area contributed by atoms with Gasteiger partial charge in [0.25, 0.3) is 0 Å². The highest BCUT2D eigenvalue weighted by atomic mass is 16.5. The van der Waals surface area contributed by atoms with Gasteiger partial charge in [0.2, 0.25) is 0 Å². The zero-order valence-electron chi connectivity index (χ0n) is 9.06. The molecule has 15 heavy (non-hydrogen) atoms. The van der Waals surface area contributed by atoms with Crippen LogP contribution in [-0.4, -0.2) is 26.0 Å². The number of benzene rings is 1. The molecule has 3 heteroatoms. The van der Waals surface area contributed by atoms with Gasteiger partial charge in [0.05, 0.1) is 13.2 Å². The predicted octanol–water partition coefficient (Wildman–Crippen LogP) is 1.86. The second-order valence-corrected chi connectivity index (χ2v) is 3.83. The number of carbonyl (C=O) groups is 1. The van der Waals surface area contributed by atoms with E-state index < -0.39 is 0 Å². The van der Waals surface area contributed by atoms with Crippen molar-refractivity contribution < 1.29 is 9.53 Å². The summed E-state index contributed by atoms with van der Waals surface area (Å²) in [4.78, 5) is 13.3. The standard InChI is InChI=1S/C12H15NO2/c1-13(11-7-8-12(11)14)9-3-5-10(15-2)6-4-9/h3-6,11H,7-8H2,1-2H3/t11-/m0/s1. The number of ether oxygens (including phenoxy) is 1. The van der Waals surface area contributed by atoms with Crippen molar-refractivity contribution in [1.29, 1.82) is 0 Å². The molecule has 0 saturated heterocycles. The van der Waals surface area contributed by atoms with Crippen LogP contribution in [0.5, 0.6) is 5.75 Å². The molecule has 80 valence electrons. The van der Waals surface area contributed by atoms with E-state index in [0.717, 1.165) is 24.3 Å². The summed E-state index contributed by atoms with van der Waals surface area (Å²) in [5.74, 6) is 1.18. The van der Waals surface area contributed by atoms with E-state index >= 15 is 0 Å². The lowest BCUT2D eigenvalue weighted by atomic mass is 9.90. The third kappa shape index (κ3) is 1.82. The summed E-state index contributed by atoms with van der Waals surface area (Å²) in [6, 6.07) is 7.86. The van der Waals surface area contributed by atoms with Crippen LogP contribution in [0.4, 0.5) is 5.69 Å². The largest absolute Gasteiger partial charge is 0.497 e. The Kier molecular flexibility index (Phi) is 2.62. The maximum Gasteiger partial charge on any atom is 0.155 e. The summed E-state index contributed by atoms with van der Waals surface area (Å²) in [7, 11) is 3.61. The zero-order valence-corrected chi connectivity index (χ0v) is 9.06. The van der Waals surface area contributed by atoms with E-state index in [2.05, 4.69) is 0 Å². The van der Waals surface area contributed by atoms with Gasteiger partial charge in [0.15, 0.2) is 5.78 Å². The minimum atomic E-state index is 0.0818. The minimum Gasteiger partial charge on any atom is -0.497 e. The SMILES string of the molecule is COc1ccc(N(C)[C@H]2CCC2=O)cc1. The normalized spacial score (nSPS) is 19.6.